The van der Waals surface area contributed by atoms with Crippen molar-refractivity contribution >= 4 is 29.2 Å². The molecule has 0 unspecified atom stereocenters. The van der Waals surface area contributed by atoms with Crippen LogP contribution in [0.2, 0.25) is 5.02 Å². The Balaban J connectivity index is 1.90. The molecule has 1 amide bonds. The number of aliphatic carboxylic acids is 1. The van der Waals surface area contributed by atoms with Crippen molar-refractivity contribution in [2.24, 2.45) is 17.8 Å². The zero-order chi connectivity index (χ0) is 17.7. The molecule has 1 saturated carbocycles. The van der Waals surface area contributed by atoms with Crippen molar-refractivity contribution in [3.05, 3.63) is 23.2 Å². The fraction of sp³-hybridized carbons (Fsp3) is 0.556. The maximum Gasteiger partial charge on any atom is 0.306 e. The van der Waals surface area contributed by atoms with Gasteiger partial charge < -0.3 is 15.2 Å². The quantitative estimate of drug-likeness (QED) is 0.803. The van der Waals surface area contributed by atoms with Gasteiger partial charge in [-0.05, 0) is 49.8 Å². The second-order valence-electron chi connectivity index (χ2n) is 6.73. The third kappa shape index (κ3) is 5.13. The molecule has 0 bridgehead atoms. The van der Waals surface area contributed by atoms with Crippen LogP contribution in [0.4, 0.5) is 5.69 Å². The lowest BCUT2D eigenvalue weighted by Crippen LogP contribution is -2.29. The number of carbonyl (C=O) groups is 2. The summed E-state index contributed by atoms with van der Waals surface area (Å²) >= 11 is 6.19. The summed E-state index contributed by atoms with van der Waals surface area (Å²) in [5.41, 5.74) is 0.627. The van der Waals surface area contributed by atoms with Crippen LogP contribution >= 0.6 is 11.6 Å². The van der Waals surface area contributed by atoms with Gasteiger partial charge in [0.1, 0.15) is 5.75 Å². The molecule has 132 valence electrons. The minimum atomic E-state index is -0.766. The Labute approximate surface area is 147 Å². The van der Waals surface area contributed by atoms with Gasteiger partial charge in [0.05, 0.1) is 17.5 Å². The molecule has 0 atom stereocenters. The number of halogens is 1. The van der Waals surface area contributed by atoms with Gasteiger partial charge in [0.25, 0.3) is 0 Å². The van der Waals surface area contributed by atoms with Gasteiger partial charge in [0.2, 0.25) is 5.91 Å². The Morgan fingerprint density at radius 3 is 2.42 bits per heavy atom. The van der Waals surface area contributed by atoms with E-state index in [9.17, 15) is 9.59 Å². The largest absolute Gasteiger partial charge is 0.492 e. The molecule has 24 heavy (non-hydrogen) atoms. The van der Waals surface area contributed by atoms with E-state index in [0.29, 0.717) is 54.7 Å². The summed E-state index contributed by atoms with van der Waals surface area (Å²) in [6.45, 7) is 4.70. The first-order valence-corrected chi connectivity index (χ1v) is 8.70. The lowest BCUT2D eigenvalue weighted by molar-refractivity contribution is -0.143. The molecule has 1 aliphatic carbocycles. The summed E-state index contributed by atoms with van der Waals surface area (Å²) in [7, 11) is 0. The molecule has 1 aromatic carbocycles. The van der Waals surface area contributed by atoms with Crippen LogP contribution in [0.3, 0.4) is 0 Å². The molecular weight excluding hydrogens is 330 g/mol. The van der Waals surface area contributed by atoms with Crippen molar-refractivity contribution in [1.29, 1.82) is 0 Å². The molecule has 1 aliphatic rings. The summed E-state index contributed by atoms with van der Waals surface area (Å²) in [6, 6.07) is 5.20. The summed E-state index contributed by atoms with van der Waals surface area (Å²) < 4.78 is 5.61. The smallest absolute Gasteiger partial charge is 0.306 e. The van der Waals surface area contributed by atoms with Crippen molar-refractivity contribution in [3.63, 3.8) is 0 Å². The first-order chi connectivity index (χ1) is 11.4. The van der Waals surface area contributed by atoms with E-state index in [-0.39, 0.29) is 17.7 Å². The van der Waals surface area contributed by atoms with Crippen LogP contribution in [-0.2, 0) is 9.59 Å². The van der Waals surface area contributed by atoms with Gasteiger partial charge in [-0.2, -0.15) is 0 Å². The number of carboxylic acids is 1. The summed E-state index contributed by atoms with van der Waals surface area (Å²) in [5.74, 6) is -0.299. The second kappa shape index (κ2) is 8.38. The highest BCUT2D eigenvalue weighted by atomic mass is 35.5. The molecule has 2 N–H and O–H groups in total. The van der Waals surface area contributed by atoms with E-state index in [1.807, 2.05) is 0 Å². The van der Waals surface area contributed by atoms with Crippen molar-refractivity contribution in [3.8, 4) is 5.75 Å². The van der Waals surface area contributed by atoms with Crippen molar-refractivity contribution in [2.75, 3.05) is 11.9 Å². The van der Waals surface area contributed by atoms with Crippen LogP contribution in [0.5, 0.6) is 5.75 Å². The zero-order valence-corrected chi connectivity index (χ0v) is 14.8. The lowest BCUT2D eigenvalue weighted by atomic mass is 9.81. The Morgan fingerprint density at radius 2 is 1.88 bits per heavy atom. The fourth-order valence-electron chi connectivity index (χ4n) is 2.80. The maximum atomic E-state index is 12.3. The molecule has 0 spiro atoms. The van der Waals surface area contributed by atoms with Crippen molar-refractivity contribution in [1.82, 2.24) is 0 Å². The second-order valence-corrected chi connectivity index (χ2v) is 7.13. The topological polar surface area (TPSA) is 75.6 Å². The molecule has 5 nitrogen and oxygen atoms in total. The van der Waals surface area contributed by atoms with E-state index in [1.165, 1.54) is 0 Å². The van der Waals surface area contributed by atoms with Gasteiger partial charge >= 0.3 is 5.97 Å². The standard InChI is InChI=1S/C18H24ClNO4/c1-11(2)10-24-16-8-7-14(9-15(16)19)20-17(21)12-3-5-13(6-4-12)18(22)23/h7-9,11-13H,3-6,10H2,1-2H3,(H,20,21)(H,22,23). The van der Waals surface area contributed by atoms with E-state index < -0.39 is 5.97 Å². The van der Waals surface area contributed by atoms with E-state index in [4.69, 9.17) is 21.4 Å². The van der Waals surface area contributed by atoms with Gasteiger partial charge in [0.15, 0.2) is 0 Å². The SMILES string of the molecule is CC(C)COc1ccc(NC(=O)C2CCC(C(=O)O)CC2)cc1Cl. The Morgan fingerprint density at radius 1 is 1.25 bits per heavy atom. The molecule has 0 saturated heterocycles. The Kier molecular flexibility index (Phi) is 6.49. The molecular formula is C18H24ClNO4. The van der Waals surface area contributed by atoms with Gasteiger partial charge in [-0.25, -0.2) is 0 Å². The molecule has 1 fully saturated rings. The first-order valence-electron chi connectivity index (χ1n) is 8.32. The van der Waals surface area contributed by atoms with Gasteiger partial charge in [-0.3, -0.25) is 9.59 Å². The summed E-state index contributed by atoms with van der Waals surface area (Å²) in [6.07, 6.45) is 2.31. The molecule has 0 aliphatic heterocycles. The highest BCUT2D eigenvalue weighted by molar-refractivity contribution is 6.32. The van der Waals surface area contributed by atoms with Gasteiger partial charge in [0, 0.05) is 11.6 Å². The van der Waals surface area contributed by atoms with Gasteiger partial charge in [-0.15, -0.1) is 0 Å². The van der Waals surface area contributed by atoms with Crippen LogP contribution < -0.4 is 10.1 Å². The number of rotatable bonds is 6. The average molecular weight is 354 g/mol. The first kappa shape index (κ1) is 18.6. The number of hydrogen-bond acceptors (Lipinski definition) is 3. The predicted octanol–water partition coefficient (Wildman–Crippen LogP) is 4.20. The highest BCUT2D eigenvalue weighted by Gasteiger charge is 2.29. The van der Waals surface area contributed by atoms with Crippen LogP contribution in [0, 0.1) is 17.8 Å². The number of benzene rings is 1. The van der Waals surface area contributed by atoms with Crippen molar-refractivity contribution < 1.29 is 19.4 Å². The average Bonchev–Trinajstić information content (AvgIpc) is 2.54. The molecule has 0 aromatic heterocycles. The van der Waals surface area contributed by atoms with Crippen LogP contribution in [0.1, 0.15) is 39.5 Å². The predicted molar refractivity (Wildman–Crippen MR) is 93.5 cm³/mol. The van der Waals surface area contributed by atoms with E-state index in [0.717, 1.165) is 0 Å². The molecule has 0 radical (unpaired) electrons. The third-order valence-electron chi connectivity index (χ3n) is 4.22. The lowest BCUT2D eigenvalue weighted by Gasteiger charge is -2.25. The molecule has 6 heteroatoms. The number of carboxylic acid groups (broad SMARTS) is 1. The molecule has 1 aromatic rings. The third-order valence-corrected chi connectivity index (χ3v) is 4.51. The Hall–Kier alpha value is -1.75. The minimum absolute atomic E-state index is 0.0780. The maximum absolute atomic E-state index is 12.3. The minimum Gasteiger partial charge on any atom is -0.492 e. The summed E-state index contributed by atoms with van der Waals surface area (Å²) in [5, 5.41) is 12.3. The number of nitrogens with one attached hydrogen (secondary N) is 1. The van der Waals surface area contributed by atoms with Gasteiger partial charge in [-0.1, -0.05) is 25.4 Å². The van der Waals surface area contributed by atoms with Crippen LogP contribution in [0.25, 0.3) is 0 Å². The number of ether oxygens (including phenoxy) is 1. The summed E-state index contributed by atoms with van der Waals surface area (Å²) in [4.78, 5) is 23.3. The molecule has 0 heterocycles. The van der Waals surface area contributed by atoms with Crippen molar-refractivity contribution in [2.45, 2.75) is 39.5 Å². The Bertz CT molecular complexity index is 595. The number of amides is 1. The number of carbonyl (C=O) groups excluding carboxylic acids is 1. The molecule has 2 rings (SSSR count). The van der Waals surface area contributed by atoms with Crippen LogP contribution in [-0.4, -0.2) is 23.6 Å². The monoisotopic (exact) mass is 353 g/mol. The normalized spacial score (nSPS) is 20.7. The highest BCUT2D eigenvalue weighted by Crippen LogP contribution is 2.31. The number of hydrogen-bond donors (Lipinski definition) is 2. The zero-order valence-electron chi connectivity index (χ0n) is 14.0. The van der Waals surface area contributed by atoms with E-state index in [1.54, 1.807) is 18.2 Å². The number of anilines is 1. The van der Waals surface area contributed by atoms with Crippen LogP contribution in [0.15, 0.2) is 18.2 Å². The fourth-order valence-corrected chi connectivity index (χ4v) is 3.03. The van der Waals surface area contributed by atoms with E-state index in [2.05, 4.69) is 19.2 Å². The van der Waals surface area contributed by atoms with E-state index >= 15 is 0 Å².